The second kappa shape index (κ2) is 9.38. The molecule has 3 nitrogen and oxygen atoms in total. The van der Waals surface area contributed by atoms with E-state index in [0.717, 1.165) is 26.4 Å². The van der Waals surface area contributed by atoms with Crippen molar-refractivity contribution in [1.82, 2.24) is 0 Å². The van der Waals surface area contributed by atoms with E-state index in [1.165, 1.54) is 32.1 Å². The summed E-state index contributed by atoms with van der Waals surface area (Å²) >= 11 is 0. The number of aldehydes is 1. The molecule has 0 radical (unpaired) electrons. The van der Waals surface area contributed by atoms with E-state index in [4.69, 9.17) is 9.47 Å². The lowest BCUT2D eigenvalue weighted by molar-refractivity contribution is -0.103. The van der Waals surface area contributed by atoms with Crippen LogP contribution in [-0.4, -0.2) is 32.7 Å². The molecule has 0 spiro atoms. The summed E-state index contributed by atoms with van der Waals surface area (Å²) in [4.78, 5) is 9.87. The summed E-state index contributed by atoms with van der Waals surface area (Å²) in [5, 5.41) is 0. The van der Waals surface area contributed by atoms with Gasteiger partial charge in [0.1, 0.15) is 0 Å². The van der Waals surface area contributed by atoms with Crippen molar-refractivity contribution in [2.75, 3.05) is 26.4 Å². The van der Waals surface area contributed by atoms with Crippen molar-refractivity contribution in [1.29, 1.82) is 0 Å². The van der Waals surface area contributed by atoms with E-state index in [0.29, 0.717) is 12.2 Å². The third kappa shape index (κ3) is 6.60. The third-order valence-corrected chi connectivity index (χ3v) is 2.70. The predicted molar refractivity (Wildman–Crippen MR) is 62.1 cm³/mol. The van der Waals surface area contributed by atoms with Gasteiger partial charge in [0.25, 0.3) is 0 Å². The van der Waals surface area contributed by atoms with E-state index in [9.17, 15) is 4.79 Å². The first-order chi connectivity index (χ1) is 7.93. The van der Waals surface area contributed by atoms with Crippen LogP contribution in [0.2, 0.25) is 0 Å². The average Bonchev–Trinajstić information content (AvgIpc) is 2.40. The summed E-state index contributed by atoms with van der Waals surface area (Å²) in [6.45, 7) is 3.11. The van der Waals surface area contributed by atoms with Gasteiger partial charge in [0.05, 0.1) is 26.4 Å². The first-order valence-corrected chi connectivity index (χ1v) is 6.03. The Labute approximate surface area is 97.5 Å². The van der Waals surface area contributed by atoms with Crippen molar-refractivity contribution in [2.24, 2.45) is 5.92 Å². The first-order valence-electron chi connectivity index (χ1n) is 6.03. The molecule has 0 atom stereocenters. The maximum atomic E-state index is 9.87. The fraction of sp³-hybridized carbons (Fsp3) is 0.769. The fourth-order valence-electron chi connectivity index (χ4n) is 1.84. The topological polar surface area (TPSA) is 35.5 Å². The van der Waals surface area contributed by atoms with Crippen molar-refractivity contribution < 1.29 is 14.3 Å². The SMILES string of the molecule is C1COCCO1.O=CC#CC1CCCCC1. The molecule has 2 aliphatic rings. The molecule has 0 aromatic rings. The highest BCUT2D eigenvalue weighted by Gasteiger charge is 2.09. The van der Waals surface area contributed by atoms with Gasteiger partial charge in [-0.1, -0.05) is 25.2 Å². The molecule has 1 aliphatic heterocycles. The van der Waals surface area contributed by atoms with Gasteiger partial charge in [-0.15, -0.1) is 0 Å². The Morgan fingerprint density at radius 2 is 1.50 bits per heavy atom. The van der Waals surface area contributed by atoms with Gasteiger partial charge in [-0.3, -0.25) is 4.79 Å². The molecule has 0 aromatic heterocycles. The first kappa shape index (κ1) is 13.2. The van der Waals surface area contributed by atoms with Crippen LogP contribution in [0.4, 0.5) is 0 Å². The maximum absolute atomic E-state index is 9.87. The average molecular weight is 224 g/mol. The Morgan fingerprint density at radius 1 is 0.938 bits per heavy atom. The van der Waals surface area contributed by atoms with Crippen LogP contribution < -0.4 is 0 Å². The van der Waals surface area contributed by atoms with E-state index >= 15 is 0 Å². The minimum Gasteiger partial charge on any atom is -0.377 e. The van der Waals surface area contributed by atoms with Gasteiger partial charge in [-0.2, -0.15) is 0 Å². The van der Waals surface area contributed by atoms with E-state index in [-0.39, 0.29) is 0 Å². The second-order valence-corrected chi connectivity index (χ2v) is 3.97. The highest BCUT2D eigenvalue weighted by molar-refractivity contribution is 5.72. The highest BCUT2D eigenvalue weighted by atomic mass is 16.6. The number of carbonyl (C=O) groups excluding carboxylic acids is 1. The number of carbonyl (C=O) groups is 1. The van der Waals surface area contributed by atoms with Crippen molar-refractivity contribution in [3.8, 4) is 11.8 Å². The molecule has 1 saturated heterocycles. The van der Waals surface area contributed by atoms with Crippen LogP contribution in [0.15, 0.2) is 0 Å². The monoisotopic (exact) mass is 224 g/mol. The van der Waals surface area contributed by atoms with Crippen LogP contribution >= 0.6 is 0 Å². The molecule has 2 fully saturated rings. The smallest absolute Gasteiger partial charge is 0.192 e. The van der Waals surface area contributed by atoms with Crippen LogP contribution in [0.1, 0.15) is 32.1 Å². The van der Waals surface area contributed by atoms with Gasteiger partial charge in [0.15, 0.2) is 6.29 Å². The molecule has 0 unspecified atom stereocenters. The van der Waals surface area contributed by atoms with Gasteiger partial charge < -0.3 is 9.47 Å². The molecule has 1 saturated carbocycles. The van der Waals surface area contributed by atoms with Crippen molar-refractivity contribution in [2.45, 2.75) is 32.1 Å². The van der Waals surface area contributed by atoms with E-state index in [1.807, 2.05) is 0 Å². The lowest BCUT2D eigenvalue weighted by Gasteiger charge is -2.15. The normalized spacial score (nSPS) is 21.0. The molecule has 0 N–H and O–H groups in total. The van der Waals surface area contributed by atoms with Crippen molar-refractivity contribution in [3.05, 3.63) is 0 Å². The Balaban J connectivity index is 0.000000181. The van der Waals surface area contributed by atoms with Crippen LogP contribution in [0.25, 0.3) is 0 Å². The minimum absolute atomic E-state index is 0.513. The van der Waals surface area contributed by atoms with Crippen LogP contribution in [0.3, 0.4) is 0 Å². The fourth-order valence-corrected chi connectivity index (χ4v) is 1.84. The Kier molecular flexibility index (Phi) is 7.75. The molecule has 1 heterocycles. The summed E-state index contributed by atoms with van der Waals surface area (Å²) in [5.41, 5.74) is 0. The highest BCUT2D eigenvalue weighted by Crippen LogP contribution is 2.22. The summed E-state index contributed by atoms with van der Waals surface area (Å²) in [5.74, 6) is 5.95. The Hall–Kier alpha value is -0.850. The Morgan fingerprint density at radius 3 is 1.94 bits per heavy atom. The lowest BCUT2D eigenvalue weighted by atomic mass is 9.90. The van der Waals surface area contributed by atoms with Crippen molar-refractivity contribution >= 4 is 6.29 Å². The van der Waals surface area contributed by atoms with Gasteiger partial charge in [-0.25, -0.2) is 0 Å². The number of rotatable bonds is 0. The van der Waals surface area contributed by atoms with Gasteiger partial charge >= 0.3 is 0 Å². The zero-order valence-corrected chi connectivity index (χ0v) is 9.74. The molecule has 16 heavy (non-hydrogen) atoms. The van der Waals surface area contributed by atoms with Gasteiger partial charge in [0, 0.05) is 5.92 Å². The molecule has 1 aliphatic carbocycles. The van der Waals surface area contributed by atoms with Gasteiger partial charge in [-0.05, 0) is 18.8 Å². The Bertz CT molecular complexity index is 218. The second-order valence-electron chi connectivity index (χ2n) is 3.97. The summed E-state index contributed by atoms with van der Waals surface area (Å²) in [6.07, 6.45) is 7.01. The minimum atomic E-state index is 0.513. The number of ether oxygens (including phenoxy) is 2. The van der Waals surface area contributed by atoms with Crippen molar-refractivity contribution in [3.63, 3.8) is 0 Å². The maximum Gasteiger partial charge on any atom is 0.192 e. The molecular formula is C13H20O3. The molecular weight excluding hydrogens is 204 g/mol. The third-order valence-electron chi connectivity index (χ3n) is 2.70. The number of hydrogen-bond donors (Lipinski definition) is 0. The lowest BCUT2D eigenvalue weighted by Crippen LogP contribution is -2.16. The molecule has 0 bridgehead atoms. The van der Waals surface area contributed by atoms with Gasteiger partial charge in [0.2, 0.25) is 0 Å². The quantitative estimate of drug-likeness (QED) is 0.465. The zero-order valence-electron chi connectivity index (χ0n) is 9.74. The molecule has 0 aromatic carbocycles. The predicted octanol–water partition coefficient (Wildman–Crippen LogP) is 1.80. The molecule has 2 rings (SSSR count). The molecule has 90 valence electrons. The van der Waals surface area contributed by atoms with Crippen LogP contribution in [0.5, 0.6) is 0 Å². The zero-order chi connectivity index (χ0) is 11.5. The van der Waals surface area contributed by atoms with Crippen LogP contribution in [0, 0.1) is 17.8 Å². The largest absolute Gasteiger partial charge is 0.377 e. The summed E-state index contributed by atoms with van der Waals surface area (Å²) < 4.78 is 9.89. The summed E-state index contributed by atoms with van der Waals surface area (Å²) in [7, 11) is 0. The molecule has 0 amide bonds. The van der Waals surface area contributed by atoms with E-state index < -0.39 is 0 Å². The number of hydrogen-bond acceptors (Lipinski definition) is 3. The summed E-state index contributed by atoms with van der Waals surface area (Å²) in [6, 6.07) is 0. The van der Waals surface area contributed by atoms with E-state index in [2.05, 4.69) is 11.8 Å². The van der Waals surface area contributed by atoms with E-state index in [1.54, 1.807) is 0 Å². The molecule has 3 heteroatoms. The van der Waals surface area contributed by atoms with Crippen LogP contribution in [-0.2, 0) is 14.3 Å². The standard InChI is InChI=1S/C9H12O.C4H8O2/c10-8-4-7-9-5-2-1-3-6-9;1-2-6-4-3-5-1/h8-9H,1-3,5-6H2;1-4H2.